The first-order chi connectivity index (χ1) is 12.8. The smallest absolute Gasteiger partial charge is 0.322 e. The van der Waals surface area contributed by atoms with Crippen molar-refractivity contribution in [1.82, 2.24) is 10.2 Å². The fourth-order valence-electron chi connectivity index (χ4n) is 2.39. The summed E-state index contributed by atoms with van der Waals surface area (Å²) >= 11 is 1.43. The lowest BCUT2D eigenvalue weighted by atomic mass is 10.2. The molecule has 0 unspecified atom stereocenters. The van der Waals surface area contributed by atoms with Crippen molar-refractivity contribution in [2.45, 2.75) is 4.90 Å². The van der Waals surface area contributed by atoms with Gasteiger partial charge in [-0.25, -0.2) is 0 Å². The van der Waals surface area contributed by atoms with Crippen LogP contribution in [0.2, 0.25) is 0 Å². The molecule has 0 atom stereocenters. The van der Waals surface area contributed by atoms with Crippen molar-refractivity contribution in [2.24, 2.45) is 0 Å². The molecule has 1 N–H and O–H groups in total. The second-order valence-electron chi connectivity index (χ2n) is 5.42. The van der Waals surface area contributed by atoms with E-state index in [2.05, 4.69) is 15.5 Å². The Bertz CT molecular complexity index is 914. The SMILES string of the molecule is O=C(CSc1ccccc1)Nc1nnc(-c2ccc3c(c2)OCCO3)o1. The first kappa shape index (κ1) is 16.5. The van der Waals surface area contributed by atoms with Gasteiger partial charge >= 0.3 is 6.01 Å². The first-order valence-electron chi connectivity index (χ1n) is 7.99. The molecule has 3 aromatic rings. The summed E-state index contributed by atoms with van der Waals surface area (Å²) in [6.45, 7) is 1.03. The molecule has 7 nitrogen and oxygen atoms in total. The summed E-state index contributed by atoms with van der Waals surface area (Å²) in [7, 11) is 0. The Morgan fingerprint density at radius 3 is 2.69 bits per heavy atom. The van der Waals surface area contributed by atoms with E-state index in [0.29, 0.717) is 36.2 Å². The number of thioether (sulfide) groups is 1. The first-order valence-corrected chi connectivity index (χ1v) is 8.98. The van der Waals surface area contributed by atoms with E-state index < -0.39 is 0 Å². The predicted octanol–water partition coefficient (Wildman–Crippen LogP) is 3.24. The van der Waals surface area contributed by atoms with Gasteiger partial charge in [0.2, 0.25) is 11.8 Å². The van der Waals surface area contributed by atoms with Crippen LogP contribution in [0, 0.1) is 0 Å². The van der Waals surface area contributed by atoms with Crippen LogP contribution in [-0.2, 0) is 4.79 Å². The number of carbonyl (C=O) groups excluding carboxylic acids is 1. The summed E-state index contributed by atoms with van der Waals surface area (Å²) in [6, 6.07) is 15.1. The van der Waals surface area contributed by atoms with E-state index in [4.69, 9.17) is 13.9 Å². The molecule has 0 fully saturated rings. The summed E-state index contributed by atoms with van der Waals surface area (Å²) < 4.78 is 16.6. The van der Waals surface area contributed by atoms with Crippen LogP contribution in [0.1, 0.15) is 0 Å². The molecule has 0 bridgehead atoms. The lowest BCUT2D eigenvalue weighted by Crippen LogP contribution is -2.15. The summed E-state index contributed by atoms with van der Waals surface area (Å²) in [6.07, 6.45) is 0. The maximum atomic E-state index is 12.0. The summed E-state index contributed by atoms with van der Waals surface area (Å²) in [4.78, 5) is 13.0. The van der Waals surface area contributed by atoms with E-state index in [-0.39, 0.29) is 17.7 Å². The van der Waals surface area contributed by atoms with Gasteiger partial charge in [0, 0.05) is 10.5 Å². The van der Waals surface area contributed by atoms with E-state index in [9.17, 15) is 4.79 Å². The Kier molecular flexibility index (Phi) is 4.74. The molecule has 26 heavy (non-hydrogen) atoms. The van der Waals surface area contributed by atoms with Crippen LogP contribution >= 0.6 is 11.8 Å². The highest BCUT2D eigenvalue weighted by Gasteiger charge is 2.16. The third-order valence-electron chi connectivity index (χ3n) is 3.57. The molecular formula is C18H15N3O4S. The zero-order valence-corrected chi connectivity index (χ0v) is 14.5. The number of carbonyl (C=O) groups is 1. The molecule has 8 heteroatoms. The van der Waals surface area contributed by atoms with Crippen LogP contribution in [0.3, 0.4) is 0 Å². The normalized spacial score (nSPS) is 12.6. The molecule has 2 aromatic carbocycles. The highest BCUT2D eigenvalue weighted by Crippen LogP contribution is 2.34. The van der Waals surface area contributed by atoms with Crippen molar-refractivity contribution in [3.05, 3.63) is 48.5 Å². The van der Waals surface area contributed by atoms with Gasteiger partial charge in [-0.05, 0) is 30.3 Å². The van der Waals surface area contributed by atoms with Gasteiger partial charge in [0.15, 0.2) is 11.5 Å². The van der Waals surface area contributed by atoms with E-state index in [0.717, 1.165) is 4.90 Å². The van der Waals surface area contributed by atoms with E-state index in [1.165, 1.54) is 11.8 Å². The van der Waals surface area contributed by atoms with Gasteiger partial charge in [0.1, 0.15) is 13.2 Å². The monoisotopic (exact) mass is 369 g/mol. The van der Waals surface area contributed by atoms with Gasteiger partial charge in [-0.3, -0.25) is 10.1 Å². The molecule has 1 aliphatic heterocycles. The highest BCUT2D eigenvalue weighted by atomic mass is 32.2. The fraction of sp³-hybridized carbons (Fsp3) is 0.167. The number of nitrogens with one attached hydrogen (secondary N) is 1. The number of hydrogen-bond acceptors (Lipinski definition) is 7. The van der Waals surface area contributed by atoms with E-state index in [1.54, 1.807) is 18.2 Å². The van der Waals surface area contributed by atoms with Crippen molar-refractivity contribution in [3.8, 4) is 23.0 Å². The molecule has 1 aliphatic rings. The molecule has 0 saturated carbocycles. The summed E-state index contributed by atoms with van der Waals surface area (Å²) in [5, 5.41) is 10.5. The average molecular weight is 369 g/mol. The number of nitrogens with zero attached hydrogens (tertiary/aromatic N) is 2. The molecule has 0 radical (unpaired) electrons. The van der Waals surface area contributed by atoms with E-state index >= 15 is 0 Å². The minimum Gasteiger partial charge on any atom is -0.486 e. The van der Waals surface area contributed by atoms with Gasteiger partial charge < -0.3 is 13.9 Å². The molecule has 0 saturated heterocycles. The Morgan fingerprint density at radius 2 is 1.85 bits per heavy atom. The Labute approximate surface area is 153 Å². The van der Waals surface area contributed by atoms with Gasteiger partial charge in [-0.1, -0.05) is 23.3 Å². The van der Waals surface area contributed by atoms with Crippen molar-refractivity contribution in [3.63, 3.8) is 0 Å². The lowest BCUT2D eigenvalue weighted by Gasteiger charge is -2.18. The fourth-order valence-corrected chi connectivity index (χ4v) is 3.11. The van der Waals surface area contributed by atoms with Crippen molar-refractivity contribution < 1.29 is 18.7 Å². The maximum Gasteiger partial charge on any atom is 0.322 e. The molecular weight excluding hydrogens is 354 g/mol. The number of fused-ring (bicyclic) bond motifs is 1. The van der Waals surface area contributed by atoms with Crippen LogP contribution in [0.15, 0.2) is 57.8 Å². The molecule has 1 amide bonds. The second kappa shape index (κ2) is 7.49. The average Bonchev–Trinajstić information content (AvgIpc) is 3.15. The molecule has 0 aliphatic carbocycles. The van der Waals surface area contributed by atoms with Gasteiger partial charge in [-0.15, -0.1) is 16.9 Å². The number of amides is 1. The maximum absolute atomic E-state index is 12.0. The van der Waals surface area contributed by atoms with E-state index in [1.807, 2.05) is 30.3 Å². The largest absolute Gasteiger partial charge is 0.486 e. The molecule has 0 spiro atoms. The van der Waals surface area contributed by atoms with Crippen molar-refractivity contribution >= 4 is 23.7 Å². The summed E-state index contributed by atoms with van der Waals surface area (Å²) in [5.74, 6) is 1.66. The van der Waals surface area contributed by atoms with Crippen molar-refractivity contribution in [1.29, 1.82) is 0 Å². The lowest BCUT2D eigenvalue weighted by molar-refractivity contribution is -0.113. The molecule has 4 rings (SSSR count). The standard InChI is InChI=1S/C18H15N3O4S/c22-16(11-26-13-4-2-1-3-5-13)19-18-21-20-17(25-18)12-6-7-14-15(10-12)24-9-8-23-14/h1-7,10H,8-9,11H2,(H,19,21,22). The number of aromatic nitrogens is 2. The van der Waals surface area contributed by atoms with Crippen LogP contribution < -0.4 is 14.8 Å². The predicted molar refractivity (Wildman–Crippen MR) is 96.5 cm³/mol. The second-order valence-corrected chi connectivity index (χ2v) is 6.47. The Balaban J connectivity index is 1.39. The molecule has 132 valence electrons. The number of ether oxygens (including phenoxy) is 2. The van der Waals surface area contributed by atoms with Gasteiger partial charge in [0.05, 0.1) is 5.75 Å². The third kappa shape index (κ3) is 3.80. The third-order valence-corrected chi connectivity index (χ3v) is 4.59. The Morgan fingerprint density at radius 1 is 1.04 bits per heavy atom. The number of rotatable bonds is 5. The van der Waals surface area contributed by atoms with Crippen molar-refractivity contribution in [2.75, 3.05) is 24.3 Å². The highest BCUT2D eigenvalue weighted by molar-refractivity contribution is 8.00. The topological polar surface area (TPSA) is 86.5 Å². The minimum atomic E-state index is -0.212. The van der Waals surface area contributed by atoms with Gasteiger partial charge in [0.25, 0.3) is 0 Å². The zero-order chi connectivity index (χ0) is 17.8. The molecule has 2 heterocycles. The summed E-state index contributed by atoms with van der Waals surface area (Å²) in [5.41, 5.74) is 0.695. The number of benzene rings is 2. The van der Waals surface area contributed by atoms with Gasteiger partial charge in [-0.2, -0.15) is 0 Å². The molecule has 1 aromatic heterocycles. The van der Waals surface area contributed by atoms with Crippen LogP contribution in [-0.4, -0.2) is 35.1 Å². The minimum absolute atomic E-state index is 0.0635. The Hall–Kier alpha value is -3.00. The number of hydrogen-bond donors (Lipinski definition) is 1. The quantitative estimate of drug-likeness (QED) is 0.691. The van der Waals surface area contributed by atoms with Crippen LogP contribution in [0.5, 0.6) is 11.5 Å². The van der Waals surface area contributed by atoms with Crippen LogP contribution in [0.25, 0.3) is 11.5 Å². The zero-order valence-electron chi connectivity index (χ0n) is 13.7. The van der Waals surface area contributed by atoms with Crippen LogP contribution in [0.4, 0.5) is 6.01 Å². The number of anilines is 1.